The smallest absolute Gasteiger partial charge is 0.341 e. The molecule has 0 saturated heterocycles. The zero-order valence-electron chi connectivity index (χ0n) is 10.7. The predicted octanol–water partition coefficient (Wildman–Crippen LogP) is 4.08. The lowest BCUT2D eigenvalue weighted by Gasteiger charge is -2.09. The van der Waals surface area contributed by atoms with E-state index in [-0.39, 0.29) is 16.3 Å². The number of halogens is 2. The number of hydrogen-bond donors (Lipinski definition) is 1. The minimum Gasteiger partial charge on any atom is -0.505 e. The van der Waals surface area contributed by atoms with E-state index < -0.39 is 5.97 Å². The zero-order chi connectivity index (χ0) is 14.7. The summed E-state index contributed by atoms with van der Waals surface area (Å²) in [5.41, 5.74) is 1.72. The Labute approximate surface area is 126 Å². The molecule has 0 amide bonds. The summed E-state index contributed by atoms with van der Waals surface area (Å²) in [5, 5.41) is 10.5. The molecule has 2 aromatic carbocycles. The number of esters is 1. The lowest BCUT2D eigenvalue weighted by Crippen LogP contribution is -2.03. The highest BCUT2D eigenvalue weighted by Gasteiger charge is 2.16. The number of phenolic OH excluding ortho intramolecular Hbond substituents is 1. The normalized spacial score (nSPS) is 10.3. The van der Waals surface area contributed by atoms with Crippen molar-refractivity contribution in [3.05, 3.63) is 63.1 Å². The largest absolute Gasteiger partial charge is 0.505 e. The minimum absolute atomic E-state index is 0.0436. The summed E-state index contributed by atoms with van der Waals surface area (Å²) >= 11 is 12.0. The van der Waals surface area contributed by atoms with E-state index in [1.165, 1.54) is 7.11 Å². The van der Waals surface area contributed by atoms with Gasteiger partial charge >= 0.3 is 5.97 Å². The molecule has 0 fully saturated rings. The van der Waals surface area contributed by atoms with Crippen molar-refractivity contribution in [1.29, 1.82) is 0 Å². The van der Waals surface area contributed by atoms with Gasteiger partial charge in [0.1, 0.15) is 11.3 Å². The molecule has 0 aromatic heterocycles. The van der Waals surface area contributed by atoms with E-state index in [1.54, 1.807) is 18.2 Å². The molecule has 0 radical (unpaired) electrons. The third-order valence-electron chi connectivity index (χ3n) is 2.88. The molecule has 0 aliphatic carbocycles. The first-order valence-corrected chi connectivity index (χ1v) is 6.61. The van der Waals surface area contributed by atoms with Gasteiger partial charge in [0.25, 0.3) is 0 Å². The van der Waals surface area contributed by atoms with E-state index in [9.17, 15) is 9.90 Å². The first-order chi connectivity index (χ1) is 9.52. The second-order valence-electron chi connectivity index (χ2n) is 4.23. The van der Waals surface area contributed by atoms with Crippen LogP contribution in [0.15, 0.2) is 36.4 Å². The molecule has 0 heterocycles. The van der Waals surface area contributed by atoms with Crippen LogP contribution in [0.1, 0.15) is 21.5 Å². The second-order valence-corrected chi connectivity index (χ2v) is 5.05. The van der Waals surface area contributed by atoms with E-state index >= 15 is 0 Å². The van der Waals surface area contributed by atoms with Crippen LogP contribution >= 0.6 is 23.2 Å². The first kappa shape index (κ1) is 14.7. The lowest BCUT2D eigenvalue weighted by molar-refractivity contribution is 0.0597. The number of benzene rings is 2. The predicted molar refractivity (Wildman–Crippen MR) is 78.7 cm³/mol. The Kier molecular flexibility index (Phi) is 4.53. The van der Waals surface area contributed by atoms with Gasteiger partial charge < -0.3 is 9.84 Å². The third kappa shape index (κ3) is 3.06. The van der Waals surface area contributed by atoms with E-state index in [0.29, 0.717) is 11.4 Å². The molecule has 0 atom stereocenters. The van der Waals surface area contributed by atoms with Crippen molar-refractivity contribution >= 4 is 29.2 Å². The first-order valence-electron chi connectivity index (χ1n) is 5.86. The molecule has 2 aromatic rings. The maximum atomic E-state index is 11.6. The van der Waals surface area contributed by atoms with Crippen LogP contribution < -0.4 is 0 Å². The van der Waals surface area contributed by atoms with Crippen molar-refractivity contribution in [3.63, 3.8) is 0 Å². The molecule has 0 aliphatic heterocycles. The highest BCUT2D eigenvalue weighted by atomic mass is 35.5. The average Bonchev–Trinajstić information content (AvgIpc) is 2.44. The summed E-state index contributed by atoms with van der Waals surface area (Å²) in [4.78, 5) is 11.6. The zero-order valence-corrected chi connectivity index (χ0v) is 12.2. The van der Waals surface area contributed by atoms with Gasteiger partial charge in [-0.05, 0) is 35.7 Å². The summed E-state index contributed by atoms with van der Waals surface area (Å²) in [6.07, 6.45) is 0.504. The number of aromatic hydroxyl groups is 1. The molecule has 104 valence electrons. The number of phenols is 1. The Morgan fingerprint density at radius 2 is 1.90 bits per heavy atom. The van der Waals surface area contributed by atoms with Gasteiger partial charge in [0, 0.05) is 5.02 Å². The molecule has 0 unspecified atom stereocenters. The quantitative estimate of drug-likeness (QED) is 0.869. The van der Waals surface area contributed by atoms with Crippen molar-refractivity contribution in [1.82, 2.24) is 0 Å². The van der Waals surface area contributed by atoms with Crippen LogP contribution in [0.3, 0.4) is 0 Å². The minimum atomic E-state index is -0.634. The van der Waals surface area contributed by atoms with Gasteiger partial charge in [-0.1, -0.05) is 41.4 Å². The van der Waals surface area contributed by atoms with Crippen LogP contribution in [0.2, 0.25) is 10.0 Å². The Hall–Kier alpha value is -1.71. The number of methoxy groups -OCH3 is 1. The number of ether oxygens (including phenoxy) is 1. The summed E-state index contributed by atoms with van der Waals surface area (Å²) in [5.74, 6) is -0.910. The summed E-state index contributed by atoms with van der Waals surface area (Å²) < 4.78 is 4.62. The molecule has 0 saturated carbocycles. The Balaban J connectivity index is 2.41. The van der Waals surface area contributed by atoms with Crippen LogP contribution in [-0.2, 0) is 11.2 Å². The topological polar surface area (TPSA) is 46.5 Å². The van der Waals surface area contributed by atoms with E-state index in [1.807, 2.05) is 18.2 Å². The molecular formula is C15H12Cl2O3. The Morgan fingerprint density at radius 1 is 1.20 bits per heavy atom. The SMILES string of the molecule is COC(=O)c1cc(Cc2ccccc2Cl)cc(Cl)c1O. The fourth-order valence-electron chi connectivity index (χ4n) is 1.88. The molecule has 2 rings (SSSR count). The van der Waals surface area contributed by atoms with Gasteiger partial charge in [-0.15, -0.1) is 0 Å². The molecule has 0 aliphatic rings. The molecule has 20 heavy (non-hydrogen) atoms. The standard InChI is InChI=1S/C15H12Cl2O3/c1-20-15(19)11-7-9(8-13(17)14(11)18)6-10-4-2-3-5-12(10)16/h2-5,7-8,18H,6H2,1H3. The van der Waals surface area contributed by atoms with Crippen molar-refractivity contribution < 1.29 is 14.6 Å². The maximum Gasteiger partial charge on any atom is 0.341 e. The molecule has 3 nitrogen and oxygen atoms in total. The molecular weight excluding hydrogens is 299 g/mol. The van der Waals surface area contributed by atoms with Gasteiger partial charge in [0.05, 0.1) is 12.1 Å². The second kappa shape index (κ2) is 6.16. The highest BCUT2D eigenvalue weighted by Crippen LogP contribution is 2.31. The van der Waals surface area contributed by atoms with E-state index in [4.69, 9.17) is 23.2 Å². The summed E-state index contributed by atoms with van der Waals surface area (Å²) in [6, 6.07) is 10.6. The van der Waals surface area contributed by atoms with Crippen molar-refractivity contribution in [3.8, 4) is 5.75 Å². The van der Waals surface area contributed by atoms with Crippen molar-refractivity contribution in [2.24, 2.45) is 0 Å². The van der Waals surface area contributed by atoms with Gasteiger partial charge in [0.2, 0.25) is 0 Å². The number of hydrogen-bond acceptors (Lipinski definition) is 3. The monoisotopic (exact) mass is 310 g/mol. The van der Waals surface area contributed by atoms with Crippen LogP contribution in [0.25, 0.3) is 0 Å². The third-order valence-corrected chi connectivity index (χ3v) is 3.54. The fourth-order valence-corrected chi connectivity index (χ4v) is 2.33. The van der Waals surface area contributed by atoms with E-state index in [2.05, 4.69) is 4.74 Å². The Bertz CT molecular complexity index is 654. The molecule has 0 spiro atoms. The van der Waals surface area contributed by atoms with Crippen LogP contribution in [-0.4, -0.2) is 18.2 Å². The van der Waals surface area contributed by atoms with Crippen molar-refractivity contribution in [2.45, 2.75) is 6.42 Å². The van der Waals surface area contributed by atoms with Gasteiger partial charge in [-0.25, -0.2) is 4.79 Å². The maximum absolute atomic E-state index is 11.6. The van der Waals surface area contributed by atoms with Gasteiger partial charge in [-0.2, -0.15) is 0 Å². The number of rotatable bonds is 3. The van der Waals surface area contributed by atoms with Gasteiger partial charge in [-0.3, -0.25) is 0 Å². The number of carbonyl (C=O) groups is 1. The van der Waals surface area contributed by atoms with Crippen LogP contribution in [0.4, 0.5) is 0 Å². The van der Waals surface area contributed by atoms with Crippen LogP contribution in [0, 0.1) is 0 Å². The average molecular weight is 311 g/mol. The summed E-state index contributed by atoms with van der Waals surface area (Å²) in [7, 11) is 1.25. The molecule has 5 heteroatoms. The summed E-state index contributed by atoms with van der Waals surface area (Å²) in [6.45, 7) is 0. The Morgan fingerprint density at radius 3 is 2.55 bits per heavy atom. The highest BCUT2D eigenvalue weighted by molar-refractivity contribution is 6.32. The lowest BCUT2D eigenvalue weighted by atomic mass is 10.0. The molecule has 1 N–H and O–H groups in total. The molecule has 0 bridgehead atoms. The van der Waals surface area contributed by atoms with E-state index in [0.717, 1.165) is 11.1 Å². The fraction of sp³-hybridized carbons (Fsp3) is 0.133. The van der Waals surface area contributed by atoms with Crippen molar-refractivity contribution in [2.75, 3.05) is 7.11 Å². The van der Waals surface area contributed by atoms with Crippen LogP contribution in [0.5, 0.6) is 5.75 Å². The van der Waals surface area contributed by atoms with Gasteiger partial charge in [0.15, 0.2) is 0 Å². The number of carbonyl (C=O) groups excluding carboxylic acids is 1.